The quantitative estimate of drug-likeness (QED) is 0.927. The highest BCUT2D eigenvalue weighted by Crippen LogP contribution is 2.32. The maximum Gasteiger partial charge on any atom is 0.225 e. The van der Waals surface area contributed by atoms with Crippen LogP contribution in [-0.4, -0.2) is 35.8 Å². The number of hydrogen-bond acceptors (Lipinski definition) is 2. The van der Waals surface area contributed by atoms with Crippen LogP contribution in [0.15, 0.2) is 24.3 Å². The van der Waals surface area contributed by atoms with Crippen molar-refractivity contribution >= 4 is 11.8 Å². The van der Waals surface area contributed by atoms with E-state index < -0.39 is 0 Å². The van der Waals surface area contributed by atoms with E-state index in [0.717, 1.165) is 12.8 Å². The lowest BCUT2D eigenvalue weighted by Crippen LogP contribution is -2.40. The molecule has 1 aliphatic heterocycles. The van der Waals surface area contributed by atoms with Crippen LogP contribution in [0.25, 0.3) is 0 Å². The molecule has 0 radical (unpaired) electrons. The van der Waals surface area contributed by atoms with Gasteiger partial charge in [0.05, 0.1) is 6.04 Å². The second kappa shape index (κ2) is 7.37. The Balaban J connectivity index is 1.75. The predicted octanol–water partition coefficient (Wildman–Crippen LogP) is 3.01. The Morgan fingerprint density at radius 2 is 1.71 bits per heavy atom. The minimum atomic E-state index is -0.0240. The molecule has 1 aromatic carbocycles. The summed E-state index contributed by atoms with van der Waals surface area (Å²) in [7, 11) is 0. The van der Waals surface area contributed by atoms with Crippen LogP contribution in [0.1, 0.15) is 56.1 Å². The summed E-state index contributed by atoms with van der Waals surface area (Å²) in [4.78, 5) is 26.5. The maximum atomic E-state index is 12.9. The number of likely N-dealkylation sites (tertiary alicyclic amines) is 1. The molecule has 1 N–H and O–H groups in total. The van der Waals surface area contributed by atoms with Crippen LogP contribution in [0.2, 0.25) is 0 Å². The first-order chi connectivity index (χ1) is 11.5. The molecule has 2 amide bonds. The summed E-state index contributed by atoms with van der Waals surface area (Å²) in [6.45, 7) is 4.97. The lowest BCUT2D eigenvalue weighted by Gasteiger charge is -2.26. The van der Waals surface area contributed by atoms with Crippen molar-refractivity contribution in [1.82, 2.24) is 10.2 Å². The molecule has 3 rings (SSSR count). The van der Waals surface area contributed by atoms with Crippen molar-refractivity contribution in [3.05, 3.63) is 35.4 Å². The van der Waals surface area contributed by atoms with Gasteiger partial charge in [0.2, 0.25) is 11.8 Å². The molecule has 2 atom stereocenters. The third-order valence-corrected chi connectivity index (χ3v) is 5.48. The molecule has 1 aliphatic carbocycles. The molecule has 1 saturated carbocycles. The van der Waals surface area contributed by atoms with Gasteiger partial charge in [0.1, 0.15) is 0 Å². The van der Waals surface area contributed by atoms with Crippen molar-refractivity contribution < 1.29 is 9.59 Å². The van der Waals surface area contributed by atoms with Gasteiger partial charge in [-0.25, -0.2) is 0 Å². The normalized spacial score (nSPS) is 24.8. The van der Waals surface area contributed by atoms with E-state index in [2.05, 4.69) is 36.5 Å². The van der Waals surface area contributed by atoms with Crippen LogP contribution < -0.4 is 5.32 Å². The summed E-state index contributed by atoms with van der Waals surface area (Å²) in [6, 6.07) is 8.47. The van der Waals surface area contributed by atoms with Gasteiger partial charge in [0, 0.05) is 31.8 Å². The van der Waals surface area contributed by atoms with Crippen molar-refractivity contribution in [2.75, 3.05) is 13.1 Å². The Morgan fingerprint density at radius 1 is 1.04 bits per heavy atom. The highest BCUT2D eigenvalue weighted by molar-refractivity contribution is 5.80. The Labute approximate surface area is 144 Å². The van der Waals surface area contributed by atoms with Gasteiger partial charge in [0.15, 0.2) is 0 Å². The minimum Gasteiger partial charge on any atom is -0.351 e. The van der Waals surface area contributed by atoms with Gasteiger partial charge in [-0.1, -0.05) is 49.1 Å². The number of carbonyl (C=O) groups excluding carboxylic acids is 2. The zero-order chi connectivity index (χ0) is 17.1. The second-order valence-corrected chi connectivity index (χ2v) is 7.40. The Morgan fingerprint density at radius 3 is 2.33 bits per heavy atom. The van der Waals surface area contributed by atoms with E-state index in [1.54, 1.807) is 6.92 Å². The van der Waals surface area contributed by atoms with Gasteiger partial charge in [-0.15, -0.1) is 0 Å². The predicted molar refractivity (Wildman–Crippen MR) is 94.7 cm³/mol. The smallest absolute Gasteiger partial charge is 0.225 e. The summed E-state index contributed by atoms with van der Waals surface area (Å²) >= 11 is 0. The molecule has 2 fully saturated rings. The average molecular weight is 328 g/mol. The average Bonchev–Trinajstić information content (AvgIpc) is 2.98. The lowest BCUT2D eigenvalue weighted by molar-refractivity contribution is -0.135. The number of carbonyl (C=O) groups is 2. The highest BCUT2D eigenvalue weighted by Gasteiger charge is 2.38. The fourth-order valence-corrected chi connectivity index (χ4v) is 4.15. The van der Waals surface area contributed by atoms with Crippen LogP contribution >= 0.6 is 0 Å². The van der Waals surface area contributed by atoms with Gasteiger partial charge >= 0.3 is 0 Å². The lowest BCUT2D eigenvalue weighted by atomic mass is 9.88. The number of amides is 2. The van der Waals surface area contributed by atoms with E-state index in [-0.39, 0.29) is 23.8 Å². The molecular weight excluding hydrogens is 300 g/mol. The van der Waals surface area contributed by atoms with Crippen LogP contribution in [0.4, 0.5) is 0 Å². The molecule has 0 bridgehead atoms. The molecular formula is C20H28N2O2. The molecule has 2 aliphatic rings. The number of nitrogens with one attached hydrogen (secondary N) is 1. The van der Waals surface area contributed by atoms with Gasteiger partial charge in [-0.3, -0.25) is 9.59 Å². The summed E-state index contributed by atoms with van der Waals surface area (Å²) < 4.78 is 0. The largest absolute Gasteiger partial charge is 0.351 e. The van der Waals surface area contributed by atoms with E-state index in [9.17, 15) is 9.59 Å². The SMILES string of the molecule is CC(=O)N[C@@H]1CN(C(=O)C2CCCCC2)C[C@H]1c1ccc(C)cc1. The van der Waals surface area contributed by atoms with E-state index in [1.165, 1.54) is 30.4 Å². The molecule has 4 nitrogen and oxygen atoms in total. The molecule has 1 saturated heterocycles. The topological polar surface area (TPSA) is 49.4 Å². The fraction of sp³-hybridized carbons (Fsp3) is 0.600. The molecule has 0 aromatic heterocycles. The summed E-state index contributed by atoms with van der Waals surface area (Å²) in [5.41, 5.74) is 2.43. The molecule has 1 aromatic rings. The minimum absolute atomic E-state index is 0.0118. The van der Waals surface area contributed by atoms with Gasteiger partial charge in [-0.2, -0.15) is 0 Å². The summed E-state index contributed by atoms with van der Waals surface area (Å²) in [5.74, 6) is 0.638. The number of hydrogen-bond donors (Lipinski definition) is 1. The van der Waals surface area contributed by atoms with Gasteiger partial charge < -0.3 is 10.2 Å². The number of rotatable bonds is 3. The standard InChI is InChI=1S/C20H28N2O2/c1-14-8-10-16(11-9-14)18-12-22(13-19(18)21-15(2)23)20(24)17-6-4-3-5-7-17/h8-11,17-19H,3-7,12-13H2,1-2H3,(H,21,23)/t18-,19+/m0/s1. The Kier molecular flexibility index (Phi) is 5.22. The molecule has 4 heteroatoms. The van der Waals surface area contributed by atoms with Crippen molar-refractivity contribution in [3.8, 4) is 0 Å². The van der Waals surface area contributed by atoms with E-state index in [0.29, 0.717) is 19.0 Å². The zero-order valence-corrected chi connectivity index (χ0v) is 14.8. The first-order valence-electron chi connectivity index (χ1n) is 9.17. The van der Waals surface area contributed by atoms with Crippen LogP contribution in [0, 0.1) is 12.8 Å². The Bertz CT molecular complexity index is 590. The third-order valence-electron chi connectivity index (χ3n) is 5.48. The van der Waals surface area contributed by atoms with E-state index in [4.69, 9.17) is 0 Å². The van der Waals surface area contributed by atoms with E-state index in [1.807, 2.05) is 4.90 Å². The number of nitrogens with zero attached hydrogens (tertiary/aromatic N) is 1. The number of benzene rings is 1. The highest BCUT2D eigenvalue weighted by atomic mass is 16.2. The summed E-state index contributed by atoms with van der Waals surface area (Å²) in [5, 5.41) is 3.06. The zero-order valence-electron chi connectivity index (χ0n) is 14.8. The molecule has 24 heavy (non-hydrogen) atoms. The fourth-order valence-electron chi connectivity index (χ4n) is 4.15. The first-order valence-corrected chi connectivity index (χ1v) is 9.17. The Hall–Kier alpha value is -1.84. The van der Waals surface area contributed by atoms with Crippen LogP contribution in [0.3, 0.4) is 0 Å². The van der Waals surface area contributed by atoms with Crippen LogP contribution in [-0.2, 0) is 9.59 Å². The monoisotopic (exact) mass is 328 g/mol. The van der Waals surface area contributed by atoms with Crippen LogP contribution in [0.5, 0.6) is 0 Å². The van der Waals surface area contributed by atoms with E-state index >= 15 is 0 Å². The third kappa shape index (κ3) is 3.80. The van der Waals surface area contributed by atoms with Gasteiger partial charge in [-0.05, 0) is 25.3 Å². The molecule has 130 valence electrons. The molecule has 0 unspecified atom stereocenters. The maximum absolute atomic E-state index is 12.9. The molecule has 0 spiro atoms. The van der Waals surface area contributed by atoms with Gasteiger partial charge in [0.25, 0.3) is 0 Å². The molecule has 1 heterocycles. The first kappa shape index (κ1) is 17.0. The number of aryl methyl sites for hydroxylation is 1. The second-order valence-electron chi connectivity index (χ2n) is 7.40. The van der Waals surface area contributed by atoms with Crippen molar-refractivity contribution in [2.24, 2.45) is 5.92 Å². The van der Waals surface area contributed by atoms with Crippen molar-refractivity contribution in [1.29, 1.82) is 0 Å². The van der Waals surface area contributed by atoms with Crippen molar-refractivity contribution in [3.63, 3.8) is 0 Å². The summed E-state index contributed by atoms with van der Waals surface area (Å²) in [6.07, 6.45) is 5.64. The van der Waals surface area contributed by atoms with Crippen molar-refractivity contribution in [2.45, 2.75) is 57.9 Å².